The molecule has 2 saturated carbocycles. The van der Waals surface area contributed by atoms with Crippen LogP contribution in [0, 0.1) is 17.8 Å². The Kier molecular flexibility index (Phi) is 3.52. The van der Waals surface area contributed by atoms with E-state index in [9.17, 15) is 9.90 Å². The third-order valence-corrected chi connectivity index (χ3v) is 5.88. The summed E-state index contributed by atoms with van der Waals surface area (Å²) in [5.41, 5.74) is 0. The van der Waals surface area contributed by atoms with Crippen LogP contribution in [-0.2, 0) is 6.42 Å². The molecule has 3 atom stereocenters. The van der Waals surface area contributed by atoms with Crippen LogP contribution in [0.15, 0.2) is 6.07 Å². The third kappa shape index (κ3) is 2.50. The summed E-state index contributed by atoms with van der Waals surface area (Å²) in [6.45, 7) is 2.73. The largest absolute Gasteiger partial charge is 0.491 e. The summed E-state index contributed by atoms with van der Waals surface area (Å²) in [6, 6.07) is 1.90. The molecule has 104 valence electrons. The van der Waals surface area contributed by atoms with Gasteiger partial charge in [0.2, 0.25) is 0 Å². The van der Waals surface area contributed by atoms with E-state index in [1.165, 1.54) is 37.0 Å². The SMILES string of the molecule is CCc1cc(OCC2CC3CCC2C3)c(C(=O)O)s1. The maximum atomic E-state index is 11.2. The number of aryl methyl sites for hydroxylation is 1. The predicted molar refractivity (Wildman–Crippen MR) is 75.1 cm³/mol. The molecule has 0 amide bonds. The zero-order chi connectivity index (χ0) is 13.4. The summed E-state index contributed by atoms with van der Waals surface area (Å²) < 4.78 is 5.85. The lowest BCUT2D eigenvalue weighted by atomic mass is 9.89. The number of fused-ring (bicyclic) bond motifs is 2. The number of aromatic carboxylic acids is 1. The molecule has 2 fully saturated rings. The van der Waals surface area contributed by atoms with E-state index in [4.69, 9.17) is 4.74 Å². The first-order valence-electron chi connectivity index (χ1n) is 7.16. The third-order valence-electron chi connectivity index (χ3n) is 4.63. The topological polar surface area (TPSA) is 46.5 Å². The van der Waals surface area contributed by atoms with Crippen LogP contribution in [0.4, 0.5) is 0 Å². The minimum absolute atomic E-state index is 0.361. The van der Waals surface area contributed by atoms with Crippen molar-refractivity contribution in [3.05, 3.63) is 15.8 Å². The molecule has 2 aliphatic rings. The number of hydrogen-bond acceptors (Lipinski definition) is 3. The van der Waals surface area contributed by atoms with Gasteiger partial charge in [-0.2, -0.15) is 0 Å². The van der Waals surface area contributed by atoms with Crippen molar-refractivity contribution in [3.8, 4) is 5.75 Å². The van der Waals surface area contributed by atoms with Crippen LogP contribution in [-0.4, -0.2) is 17.7 Å². The molecule has 1 aromatic rings. The lowest BCUT2D eigenvalue weighted by Crippen LogP contribution is -2.18. The van der Waals surface area contributed by atoms with Crippen LogP contribution in [0.1, 0.15) is 47.2 Å². The summed E-state index contributed by atoms with van der Waals surface area (Å²) in [6.07, 6.45) is 6.23. The van der Waals surface area contributed by atoms with Crippen molar-refractivity contribution >= 4 is 17.3 Å². The van der Waals surface area contributed by atoms with Gasteiger partial charge in [0, 0.05) is 4.88 Å². The molecule has 2 bridgehead atoms. The monoisotopic (exact) mass is 280 g/mol. The summed E-state index contributed by atoms with van der Waals surface area (Å²) >= 11 is 1.34. The molecular formula is C15H20O3S. The summed E-state index contributed by atoms with van der Waals surface area (Å²) in [7, 11) is 0. The second-order valence-electron chi connectivity index (χ2n) is 5.81. The van der Waals surface area contributed by atoms with E-state index in [-0.39, 0.29) is 0 Å². The smallest absolute Gasteiger partial charge is 0.349 e. The number of hydrogen-bond donors (Lipinski definition) is 1. The number of ether oxygens (including phenoxy) is 1. The molecular weight excluding hydrogens is 260 g/mol. The first-order valence-corrected chi connectivity index (χ1v) is 7.97. The van der Waals surface area contributed by atoms with E-state index in [0.29, 0.717) is 23.2 Å². The molecule has 1 aromatic heterocycles. The molecule has 1 N–H and O–H groups in total. The van der Waals surface area contributed by atoms with Crippen molar-refractivity contribution in [2.24, 2.45) is 17.8 Å². The summed E-state index contributed by atoms with van der Waals surface area (Å²) in [4.78, 5) is 12.6. The number of thiophene rings is 1. The molecule has 4 heteroatoms. The van der Waals surface area contributed by atoms with Crippen molar-refractivity contribution in [2.45, 2.75) is 39.0 Å². The Morgan fingerprint density at radius 1 is 1.47 bits per heavy atom. The molecule has 0 aromatic carbocycles. The minimum atomic E-state index is -0.868. The second-order valence-corrected chi connectivity index (χ2v) is 6.95. The number of carboxylic acids is 1. The van der Waals surface area contributed by atoms with E-state index in [2.05, 4.69) is 0 Å². The molecule has 3 unspecified atom stereocenters. The average Bonchev–Trinajstić information content (AvgIpc) is 3.10. The number of carbonyl (C=O) groups is 1. The van der Waals surface area contributed by atoms with Gasteiger partial charge in [-0.1, -0.05) is 13.3 Å². The van der Waals surface area contributed by atoms with E-state index in [1.807, 2.05) is 13.0 Å². The fourth-order valence-electron chi connectivity index (χ4n) is 3.63. The standard InChI is InChI=1S/C15H20O3S/c1-2-12-7-13(14(19-12)15(16)17)18-8-11-6-9-3-4-10(11)5-9/h7,9-11H,2-6,8H2,1H3,(H,16,17). The van der Waals surface area contributed by atoms with Crippen LogP contribution in [0.25, 0.3) is 0 Å². The molecule has 0 spiro atoms. The van der Waals surface area contributed by atoms with E-state index in [1.54, 1.807) is 0 Å². The minimum Gasteiger partial charge on any atom is -0.491 e. The van der Waals surface area contributed by atoms with Crippen LogP contribution in [0.2, 0.25) is 0 Å². The molecule has 1 heterocycles. The van der Waals surface area contributed by atoms with Gasteiger partial charge >= 0.3 is 5.97 Å². The second kappa shape index (κ2) is 5.16. The van der Waals surface area contributed by atoms with Gasteiger partial charge in [0.25, 0.3) is 0 Å². The number of rotatable bonds is 5. The maximum Gasteiger partial charge on any atom is 0.349 e. The van der Waals surface area contributed by atoms with Gasteiger partial charge < -0.3 is 9.84 Å². The van der Waals surface area contributed by atoms with Crippen LogP contribution in [0.3, 0.4) is 0 Å². The first kappa shape index (κ1) is 13.0. The van der Waals surface area contributed by atoms with Gasteiger partial charge in [0.15, 0.2) is 4.88 Å². The van der Waals surface area contributed by atoms with Gasteiger partial charge in [-0.15, -0.1) is 11.3 Å². The zero-order valence-electron chi connectivity index (χ0n) is 11.2. The highest BCUT2D eigenvalue weighted by Crippen LogP contribution is 2.48. The quantitative estimate of drug-likeness (QED) is 0.891. The van der Waals surface area contributed by atoms with Gasteiger partial charge in [-0.3, -0.25) is 0 Å². The van der Waals surface area contributed by atoms with E-state index >= 15 is 0 Å². The maximum absolute atomic E-state index is 11.2. The van der Waals surface area contributed by atoms with Gasteiger partial charge in [0.05, 0.1) is 6.61 Å². The Morgan fingerprint density at radius 3 is 2.89 bits per heavy atom. The van der Waals surface area contributed by atoms with Crippen molar-refractivity contribution in [1.82, 2.24) is 0 Å². The van der Waals surface area contributed by atoms with Crippen molar-refractivity contribution < 1.29 is 14.6 Å². The first-order chi connectivity index (χ1) is 9.17. The van der Waals surface area contributed by atoms with Gasteiger partial charge in [-0.25, -0.2) is 4.79 Å². The highest BCUT2D eigenvalue weighted by molar-refractivity contribution is 7.14. The lowest BCUT2D eigenvalue weighted by molar-refractivity contribution is 0.0696. The molecule has 0 aliphatic heterocycles. The Morgan fingerprint density at radius 2 is 2.32 bits per heavy atom. The van der Waals surface area contributed by atoms with Crippen molar-refractivity contribution in [3.63, 3.8) is 0 Å². The lowest BCUT2D eigenvalue weighted by Gasteiger charge is -2.21. The molecule has 0 radical (unpaired) electrons. The molecule has 3 rings (SSSR count). The molecule has 0 saturated heterocycles. The Bertz CT molecular complexity index is 480. The zero-order valence-corrected chi connectivity index (χ0v) is 12.0. The molecule has 3 nitrogen and oxygen atoms in total. The average molecular weight is 280 g/mol. The fourth-order valence-corrected chi connectivity index (χ4v) is 4.51. The van der Waals surface area contributed by atoms with E-state index < -0.39 is 5.97 Å². The van der Waals surface area contributed by atoms with E-state index in [0.717, 1.165) is 23.1 Å². The summed E-state index contributed by atoms with van der Waals surface area (Å²) in [5, 5.41) is 9.20. The molecule has 2 aliphatic carbocycles. The fraction of sp³-hybridized carbons (Fsp3) is 0.667. The van der Waals surface area contributed by atoms with Crippen LogP contribution in [0.5, 0.6) is 5.75 Å². The van der Waals surface area contributed by atoms with Gasteiger partial charge in [-0.05, 0) is 49.5 Å². The highest BCUT2D eigenvalue weighted by Gasteiger charge is 2.39. The van der Waals surface area contributed by atoms with Crippen molar-refractivity contribution in [2.75, 3.05) is 6.61 Å². The number of carboxylic acid groups (broad SMARTS) is 1. The normalized spacial score (nSPS) is 28.8. The molecule has 19 heavy (non-hydrogen) atoms. The van der Waals surface area contributed by atoms with Gasteiger partial charge in [0.1, 0.15) is 5.75 Å². The van der Waals surface area contributed by atoms with Crippen LogP contribution >= 0.6 is 11.3 Å². The Balaban J connectivity index is 1.66. The Labute approximate surface area is 117 Å². The summed E-state index contributed by atoms with van der Waals surface area (Å²) in [5.74, 6) is 2.09. The van der Waals surface area contributed by atoms with Crippen LogP contribution < -0.4 is 4.74 Å². The van der Waals surface area contributed by atoms with Crippen molar-refractivity contribution in [1.29, 1.82) is 0 Å². The Hall–Kier alpha value is -1.03. The highest BCUT2D eigenvalue weighted by atomic mass is 32.1. The predicted octanol–water partition coefficient (Wildman–Crippen LogP) is 3.82.